The third kappa shape index (κ3) is 7.96. The first-order valence-corrected chi connectivity index (χ1v) is 13.1. The summed E-state index contributed by atoms with van der Waals surface area (Å²) in [7, 11) is 0. The van der Waals surface area contributed by atoms with Crippen molar-refractivity contribution in [3.63, 3.8) is 0 Å². The number of nitrogens with zero attached hydrogens (tertiary/aromatic N) is 3. The van der Waals surface area contributed by atoms with E-state index >= 15 is 0 Å². The zero-order valence-corrected chi connectivity index (χ0v) is 22.6. The molecule has 0 saturated heterocycles. The van der Waals surface area contributed by atoms with Gasteiger partial charge in [-0.05, 0) is 47.9 Å². The maximum absolute atomic E-state index is 13.4. The third-order valence-corrected chi connectivity index (χ3v) is 6.49. The summed E-state index contributed by atoms with van der Waals surface area (Å²) >= 11 is 6.15. The molecule has 0 aliphatic heterocycles. The van der Waals surface area contributed by atoms with Gasteiger partial charge in [0.1, 0.15) is 18.4 Å². The summed E-state index contributed by atoms with van der Waals surface area (Å²) in [5.74, 6) is -0.937. The molecular weight excluding hydrogens is 526 g/mol. The standard InChI is InChI=1S/C31H28ClN5O3/c1-21(40-19-22-6-3-2-4-7-22)29(16-33)37-31(39)28(15-23-8-5-9-27(32)14-23)36-30(38)25-12-10-24(11-13-25)26-17-34-20-35-18-26/h2-14,17-18,20-21,28-29H,15,19H2,1H3,(H,36,38)(H,37,39)/t21-,28+,29-/m1/s1. The molecule has 0 saturated carbocycles. The van der Waals surface area contributed by atoms with Gasteiger partial charge >= 0.3 is 0 Å². The number of benzene rings is 3. The lowest BCUT2D eigenvalue weighted by Crippen LogP contribution is -2.52. The Hall–Kier alpha value is -4.58. The Morgan fingerprint density at radius 2 is 1.62 bits per heavy atom. The summed E-state index contributed by atoms with van der Waals surface area (Å²) in [6, 6.07) is 23.7. The van der Waals surface area contributed by atoms with E-state index in [0.29, 0.717) is 17.2 Å². The van der Waals surface area contributed by atoms with Gasteiger partial charge in [0.05, 0.1) is 18.8 Å². The minimum absolute atomic E-state index is 0.176. The van der Waals surface area contributed by atoms with Crippen molar-refractivity contribution in [1.29, 1.82) is 5.26 Å². The van der Waals surface area contributed by atoms with Crippen LogP contribution in [0.1, 0.15) is 28.4 Å². The molecule has 4 aromatic rings. The van der Waals surface area contributed by atoms with Crippen LogP contribution in [0.3, 0.4) is 0 Å². The van der Waals surface area contributed by atoms with Crippen LogP contribution in [0.2, 0.25) is 5.02 Å². The van der Waals surface area contributed by atoms with E-state index in [9.17, 15) is 14.9 Å². The van der Waals surface area contributed by atoms with Gasteiger partial charge in [0.25, 0.3) is 5.91 Å². The van der Waals surface area contributed by atoms with Crippen molar-refractivity contribution in [2.24, 2.45) is 0 Å². The molecule has 0 aliphatic carbocycles. The third-order valence-electron chi connectivity index (χ3n) is 6.25. The highest BCUT2D eigenvalue weighted by atomic mass is 35.5. The van der Waals surface area contributed by atoms with E-state index in [1.807, 2.05) is 36.4 Å². The number of rotatable bonds is 11. The van der Waals surface area contributed by atoms with Crippen LogP contribution < -0.4 is 10.6 Å². The zero-order chi connectivity index (χ0) is 28.3. The van der Waals surface area contributed by atoms with Gasteiger partial charge in [-0.2, -0.15) is 5.26 Å². The summed E-state index contributed by atoms with van der Waals surface area (Å²) in [6.07, 6.45) is 4.40. The van der Waals surface area contributed by atoms with Gasteiger partial charge < -0.3 is 15.4 Å². The van der Waals surface area contributed by atoms with Gasteiger partial charge in [0, 0.05) is 35.0 Å². The average molecular weight is 554 g/mol. The maximum atomic E-state index is 13.4. The lowest BCUT2D eigenvalue weighted by Gasteiger charge is -2.24. The molecule has 0 unspecified atom stereocenters. The number of halogens is 1. The quantitative estimate of drug-likeness (QED) is 0.277. The van der Waals surface area contributed by atoms with Crippen molar-refractivity contribution in [2.75, 3.05) is 0 Å². The fraction of sp³-hybridized carbons (Fsp3) is 0.194. The van der Waals surface area contributed by atoms with E-state index in [-0.39, 0.29) is 6.42 Å². The van der Waals surface area contributed by atoms with Crippen LogP contribution in [0.15, 0.2) is 97.6 Å². The number of aromatic nitrogens is 2. The van der Waals surface area contributed by atoms with Crippen LogP contribution in [0.5, 0.6) is 0 Å². The molecule has 4 rings (SSSR count). The Labute approximate surface area is 238 Å². The van der Waals surface area contributed by atoms with Crippen LogP contribution in [0.25, 0.3) is 11.1 Å². The van der Waals surface area contributed by atoms with E-state index in [4.69, 9.17) is 16.3 Å². The van der Waals surface area contributed by atoms with Crippen LogP contribution in [0, 0.1) is 11.3 Å². The number of hydrogen-bond acceptors (Lipinski definition) is 6. The molecule has 40 heavy (non-hydrogen) atoms. The normalized spacial score (nSPS) is 12.9. The number of carbonyl (C=O) groups excluding carboxylic acids is 2. The second kappa shape index (κ2) is 14.0. The molecule has 2 amide bonds. The zero-order valence-electron chi connectivity index (χ0n) is 21.8. The van der Waals surface area contributed by atoms with E-state index in [2.05, 4.69) is 26.7 Å². The minimum atomic E-state index is -0.967. The fourth-order valence-corrected chi connectivity index (χ4v) is 4.23. The minimum Gasteiger partial charge on any atom is -0.371 e. The van der Waals surface area contributed by atoms with Crippen molar-refractivity contribution in [2.45, 2.75) is 38.1 Å². The van der Waals surface area contributed by atoms with Gasteiger partial charge in [0.15, 0.2) is 0 Å². The number of amides is 2. The summed E-state index contributed by atoms with van der Waals surface area (Å²) < 4.78 is 5.84. The molecule has 0 fully saturated rings. The van der Waals surface area contributed by atoms with Crippen molar-refractivity contribution in [1.82, 2.24) is 20.6 Å². The number of ether oxygens (including phenoxy) is 1. The fourth-order valence-electron chi connectivity index (χ4n) is 4.02. The molecule has 1 heterocycles. The second-order valence-corrected chi connectivity index (χ2v) is 9.62. The highest BCUT2D eigenvalue weighted by molar-refractivity contribution is 6.30. The first-order valence-electron chi connectivity index (χ1n) is 12.7. The number of carbonyl (C=O) groups is 2. The summed E-state index contributed by atoms with van der Waals surface area (Å²) in [6.45, 7) is 2.02. The van der Waals surface area contributed by atoms with Crippen LogP contribution in [-0.4, -0.2) is 40.0 Å². The Balaban J connectivity index is 1.46. The van der Waals surface area contributed by atoms with Crippen LogP contribution in [-0.2, 0) is 22.6 Å². The van der Waals surface area contributed by atoms with E-state index in [0.717, 1.165) is 22.3 Å². The highest BCUT2D eigenvalue weighted by Crippen LogP contribution is 2.18. The SMILES string of the molecule is C[C@@H](OCc1ccccc1)[C@@H](C#N)NC(=O)[C@H](Cc1cccc(Cl)c1)NC(=O)c1ccc(-c2cncnc2)cc1. The number of hydrogen-bond donors (Lipinski definition) is 2. The Kier molecular flexibility index (Phi) is 9.94. The molecular formula is C31H28ClN5O3. The van der Waals surface area contributed by atoms with E-state index < -0.39 is 30.0 Å². The maximum Gasteiger partial charge on any atom is 0.251 e. The van der Waals surface area contributed by atoms with Gasteiger partial charge in [-0.25, -0.2) is 9.97 Å². The molecule has 3 atom stereocenters. The molecule has 2 N–H and O–H groups in total. The predicted octanol–water partition coefficient (Wildman–Crippen LogP) is 4.75. The molecule has 0 aliphatic rings. The van der Waals surface area contributed by atoms with Crippen molar-refractivity contribution >= 4 is 23.4 Å². The predicted molar refractivity (Wildman–Crippen MR) is 152 cm³/mol. The first-order chi connectivity index (χ1) is 19.4. The van der Waals surface area contributed by atoms with Gasteiger partial charge in [-0.15, -0.1) is 0 Å². The number of nitriles is 1. The van der Waals surface area contributed by atoms with Crippen molar-refractivity contribution in [3.05, 3.63) is 119 Å². The summed E-state index contributed by atoms with van der Waals surface area (Å²) in [5, 5.41) is 15.8. The Bertz CT molecular complexity index is 1460. The van der Waals surface area contributed by atoms with E-state index in [1.165, 1.54) is 6.33 Å². The monoisotopic (exact) mass is 553 g/mol. The molecule has 3 aromatic carbocycles. The first kappa shape index (κ1) is 28.4. The average Bonchev–Trinajstić information content (AvgIpc) is 2.99. The molecule has 1 aromatic heterocycles. The smallest absolute Gasteiger partial charge is 0.251 e. The van der Waals surface area contributed by atoms with Crippen LogP contribution in [0.4, 0.5) is 0 Å². The van der Waals surface area contributed by atoms with Crippen LogP contribution >= 0.6 is 11.6 Å². The van der Waals surface area contributed by atoms with Crippen molar-refractivity contribution < 1.29 is 14.3 Å². The topological polar surface area (TPSA) is 117 Å². The Morgan fingerprint density at radius 1 is 0.925 bits per heavy atom. The lowest BCUT2D eigenvalue weighted by molar-refractivity contribution is -0.124. The molecule has 8 nitrogen and oxygen atoms in total. The molecule has 9 heteroatoms. The van der Waals surface area contributed by atoms with Gasteiger partial charge in [-0.3, -0.25) is 9.59 Å². The largest absolute Gasteiger partial charge is 0.371 e. The molecule has 0 radical (unpaired) electrons. The highest BCUT2D eigenvalue weighted by Gasteiger charge is 2.27. The van der Waals surface area contributed by atoms with E-state index in [1.54, 1.807) is 61.8 Å². The molecule has 0 spiro atoms. The molecule has 202 valence electrons. The van der Waals surface area contributed by atoms with Crippen molar-refractivity contribution in [3.8, 4) is 17.2 Å². The summed E-state index contributed by atoms with van der Waals surface area (Å²) in [4.78, 5) is 34.6. The van der Waals surface area contributed by atoms with Gasteiger partial charge in [-0.1, -0.05) is 66.2 Å². The Morgan fingerprint density at radius 3 is 2.30 bits per heavy atom. The second-order valence-electron chi connectivity index (χ2n) is 9.18. The lowest BCUT2D eigenvalue weighted by atomic mass is 10.0. The molecule has 0 bridgehead atoms. The number of nitrogens with one attached hydrogen (secondary N) is 2. The van der Waals surface area contributed by atoms with Gasteiger partial charge in [0.2, 0.25) is 5.91 Å². The summed E-state index contributed by atoms with van der Waals surface area (Å²) in [5.41, 5.74) is 3.76.